The maximum Gasteiger partial charge on any atom is 0.319 e. The summed E-state index contributed by atoms with van der Waals surface area (Å²) in [5, 5.41) is 8.37. The lowest BCUT2D eigenvalue weighted by Gasteiger charge is -2.30. The van der Waals surface area contributed by atoms with Gasteiger partial charge < -0.3 is 16.0 Å². The Morgan fingerprint density at radius 3 is 2.07 bits per heavy atom. The van der Waals surface area contributed by atoms with E-state index in [0.717, 1.165) is 18.7 Å². The average Bonchev–Trinajstić information content (AvgIpc) is 2.72. The van der Waals surface area contributed by atoms with Crippen LogP contribution >= 0.6 is 0 Å². The zero-order valence-corrected chi connectivity index (χ0v) is 16.8. The van der Waals surface area contributed by atoms with E-state index in [-0.39, 0.29) is 11.9 Å². The minimum absolute atomic E-state index is 0.0884. The molecule has 2 atom stereocenters. The Kier molecular flexibility index (Phi) is 8.49. The van der Waals surface area contributed by atoms with Crippen molar-refractivity contribution in [2.24, 2.45) is 0 Å². The Balaban J connectivity index is 1.91. The number of amides is 3. The molecule has 28 heavy (non-hydrogen) atoms. The molecular formula is C22H30N4O2. The van der Waals surface area contributed by atoms with Gasteiger partial charge in [-0.3, -0.25) is 9.69 Å². The highest BCUT2D eigenvalue weighted by molar-refractivity contribution is 5.93. The van der Waals surface area contributed by atoms with Crippen LogP contribution in [0.2, 0.25) is 0 Å². The summed E-state index contributed by atoms with van der Waals surface area (Å²) >= 11 is 0. The van der Waals surface area contributed by atoms with Gasteiger partial charge in [0.2, 0.25) is 5.91 Å². The highest BCUT2D eigenvalue weighted by atomic mass is 16.2. The van der Waals surface area contributed by atoms with Crippen molar-refractivity contribution < 1.29 is 9.59 Å². The van der Waals surface area contributed by atoms with E-state index in [1.165, 1.54) is 0 Å². The molecule has 2 rings (SSSR count). The van der Waals surface area contributed by atoms with Crippen LogP contribution in [0.5, 0.6) is 0 Å². The Morgan fingerprint density at radius 1 is 0.929 bits per heavy atom. The van der Waals surface area contributed by atoms with Crippen LogP contribution in [-0.2, 0) is 4.79 Å². The summed E-state index contributed by atoms with van der Waals surface area (Å²) in [7, 11) is 0. The molecular weight excluding hydrogens is 352 g/mol. The summed E-state index contributed by atoms with van der Waals surface area (Å²) in [6.45, 7) is 8.16. The second-order valence-corrected chi connectivity index (χ2v) is 6.58. The largest absolute Gasteiger partial charge is 0.352 e. The van der Waals surface area contributed by atoms with Gasteiger partial charge in [0.05, 0.1) is 6.04 Å². The van der Waals surface area contributed by atoms with Crippen molar-refractivity contribution in [2.75, 3.05) is 25.0 Å². The van der Waals surface area contributed by atoms with Crippen LogP contribution in [-0.4, -0.2) is 42.5 Å². The molecule has 0 fully saturated rings. The second kappa shape index (κ2) is 11.1. The molecule has 6 nitrogen and oxygen atoms in total. The van der Waals surface area contributed by atoms with E-state index in [1.807, 2.05) is 36.4 Å². The lowest BCUT2D eigenvalue weighted by Crippen LogP contribution is -2.48. The molecule has 0 saturated carbocycles. The van der Waals surface area contributed by atoms with E-state index in [9.17, 15) is 9.59 Å². The number of carbonyl (C=O) groups excluding carboxylic acids is 2. The Bertz CT molecular complexity index is 733. The number of para-hydroxylation sites is 1. The lowest BCUT2D eigenvalue weighted by atomic mass is 10.0. The number of urea groups is 1. The normalized spacial score (nSPS) is 12.9. The third-order valence-electron chi connectivity index (χ3n) is 4.68. The molecule has 0 bridgehead atoms. The van der Waals surface area contributed by atoms with Gasteiger partial charge in [-0.15, -0.1) is 0 Å². The highest BCUT2D eigenvalue weighted by Crippen LogP contribution is 2.19. The van der Waals surface area contributed by atoms with Crippen molar-refractivity contribution in [1.29, 1.82) is 0 Å². The number of anilines is 1. The monoisotopic (exact) mass is 382 g/mol. The topological polar surface area (TPSA) is 73.5 Å². The van der Waals surface area contributed by atoms with Crippen molar-refractivity contribution >= 4 is 17.6 Å². The van der Waals surface area contributed by atoms with Crippen LogP contribution in [0, 0.1) is 0 Å². The SMILES string of the molecule is CCN(CC)[C@@H](CNC(=O)[C@H](C)NC(=O)Nc1ccccc1)c1ccccc1. The van der Waals surface area contributed by atoms with Gasteiger partial charge in [0.15, 0.2) is 0 Å². The first-order chi connectivity index (χ1) is 13.5. The molecule has 0 aliphatic heterocycles. The minimum atomic E-state index is -0.642. The summed E-state index contributed by atoms with van der Waals surface area (Å²) in [6.07, 6.45) is 0. The van der Waals surface area contributed by atoms with E-state index < -0.39 is 12.1 Å². The summed E-state index contributed by atoms with van der Waals surface area (Å²) in [4.78, 5) is 26.9. The van der Waals surface area contributed by atoms with Crippen molar-refractivity contribution in [3.05, 3.63) is 66.2 Å². The molecule has 3 amide bonds. The first-order valence-electron chi connectivity index (χ1n) is 9.74. The summed E-state index contributed by atoms with van der Waals surface area (Å²) in [5.41, 5.74) is 1.84. The average molecular weight is 383 g/mol. The van der Waals surface area contributed by atoms with Gasteiger partial charge in [-0.25, -0.2) is 4.79 Å². The maximum absolute atomic E-state index is 12.5. The van der Waals surface area contributed by atoms with Crippen molar-refractivity contribution in [1.82, 2.24) is 15.5 Å². The van der Waals surface area contributed by atoms with E-state index in [1.54, 1.807) is 19.1 Å². The minimum Gasteiger partial charge on any atom is -0.352 e. The molecule has 0 saturated heterocycles. The zero-order valence-electron chi connectivity index (χ0n) is 16.8. The van der Waals surface area contributed by atoms with E-state index in [4.69, 9.17) is 0 Å². The van der Waals surface area contributed by atoms with Gasteiger partial charge in [-0.1, -0.05) is 62.4 Å². The molecule has 2 aromatic rings. The van der Waals surface area contributed by atoms with Crippen LogP contribution < -0.4 is 16.0 Å². The molecule has 150 valence electrons. The van der Waals surface area contributed by atoms with E-state index in [0.29, 0.717) is 12.2 Å². The molecule has 0 radical (unpaired) electrons. The molecule has 3 N–H and O–H groups in total. The molecule has 0 aliphatic carbocycles. The fourth-order valence-corrected chi connectivity index (χ4v) is 3.10. The standard InChI is InChI=1S/C22H30N4O2/c1-4-26(5-2)20(18-12-8-6-9-13-18)16-23-21(27)17(3)24-22(28)25-19-14-10-7-11-15-19/h6-15,17,20H,4-5,16H2,1-3H3,(H,23,27)(H2,24,25,28)/t17-,20-/m0/s1. The first-order valence-corrected chi connectivity index (χ1v) is 9.74. The van der Waals surface area contributed by atoms with E-state index in [2.05, 4.69) is 46.8 Å². The van der Waals surface area contributed by atoms with Crippen molar-refractivity contribution in [2.45, 2.75) is 32.9 Å². The smallest absolute Gasteiger partial charge is 0.319 e. The fourth-order valence-electron chi connectivity index (χ4n) is 3.10. The van der Waals surface area contributed by atoms with Crippen LogP contribution in [0.4, 0.5) is 10.5 Å². The van der Waals surface area contributed by atoms with Crippen LogP contribution in [0.15, 0.2) is 60.7 Å². The summed E-state index contributed by atoms with van der Waals surface area (Å²) < 4.78 is 0. The van der Waals surface area contributed by atoms with Crippen molar-refractivity contribution in [3.8, 4) is 0 Å². The third-order valence-corrected chi connectivity index (χ3v) is 4.68. The first kappa shape index (κ1) is 21.4. The van der Waals surface area contributed by atoms with Gasteiger partial charge in [0.1, 0.15) is 6.04 Å². The number of benzene rings is 2. The number of hydrogen-bond donors (Lipinski definition) is 3. The molecule has 0 unspecified atom stereocenters. The molecule has 0 aliphatic rings. The van der Waals surface area contributed by atoms with Crippen molar-refractivity contribution in [3.63, 3.8) is 0 Å². The number of carbonyl (C=O) groups is 2. The highest BCUT2D eigenvalue weighted by Gasteiger charge is 2.21. The lowest BCUT2D eigenvalue weighted by molar-refractivity contribution is -0.122. The summed E-state index contributed by atoms with van der Waals surface area (Å²) in [6, 6.07) is 18.3. The van der Waals surface area contributed by atoms with Crippen LogP contribution in [0.25, 0.3) is 0 Å². The molecule has 6 heteroatoms. The Labute approximate surface area is 167 Å². The van der Waals surface area contributed by atoms with Gasteiger partial charge in [-0.2, -0.15) is 0 Å². The third kappa shape index (κ3) is 6.39. The summed E-state index contributed by atoms with van der Waals surface area (Å²) in [5.74, 6) is -0.212. The Morgan fingerprint density at radius 2 is 1.50 bits per heavy atom. The van der Waals surface area contributed by atoms with Gasteiger partial charge in [-0.05, 0) is 37.7 Å². The number of nitrogens with zero attached hydrogens (tertiary/aromatic N) is 1. The van der Waals surface area contributed by atoms with Gasteiger partial charge >= 0.3 is 6.03 Å². The maximum atomic E-state index is 12.5. The predicted molar refractivity (Wildman–Crippen MR) is 113 cm³/mol. The zero-order chi connectivity index (χ0) is 20.4. The quantitative estimate of drug-likeness (QED) is 0.622. The number of nitrogens with one attached hydrogen (secondary N) is 3. The molecule has 0 heterocycles. The van der Waals surface area contributed by atoms with Gasteiger partial charge in [0.25, 0.3) is 0 Å². The number of hydrogen-bond acceptors (Lipinski definition) is 3. The van der Waals surface area contributed by atoms with E-state index >= 15 is 0 Å². The van der Waals surface area contributed by atoms with Gasteiger partial charge in [0, 0.05) is 12.2 Å². The fraction of sp³-hybridized carbons (Fsp3) is 0.364. The number of rotatable bonds is 9. The molecule has 0 aromatic heterocycles. The predicted octanol–water partition coefficient (Wildman–Crippen LogP) is 3.40. The number of likely N-dealkylation sites (N-methyl/N-ethyl adjacent to an activating group) is 1. The van der Waals surface area contributed by atoms with Crippen LogP contribution in [0.1, 0.15) is 32.4 Å². The molecule has 2 aromatic carbocycles. The Hall–Kier alpha value is -2.86. The van der Waals surface area contributed by atoms with Crippen LogP contribution in [0.3, 0.4) is 0 Å². The second-order valence-electron chi connectivity index (χ2n) is 6.58. The molecule has 0 spiro atoms.